The molecule has 4 rings (SSSR count). The maximum Gasteiger partial charge on any atom is 0.251 e. The monoisotopic (exact) mass is 473 g/mol. The van der Waals surface area contributed by atoms with E-state index in [1.54, 1.807) is 12.1 Å². The van der Waals surface area contributed by atoms with Gasteiger partial charge in [-0.05, 0) is 69.0 Å². The Morgan fingerprint density at radius 3 is 2.38 bits per heavy atom. The van der Waals surface area contributed by atoms with Gasteiger partial charge in [0.05, 0.1) is 16.6 Å². The van der Waals surface area contributed by atoms with Crippen LogP contribution in [0.2, 0.25) is 10.0 Å². The first kappa shape index (κ1) is 23.1. The lowest BCUT2D eigenvalue weighted by Crippen LogP contribution is -2.49. The van der Waals surface area contributed by atoms with Gasteiger partial charge in [0.1, 0.15) is 0 Å². The largest absolute Gasteiger partial charge is 0.343 e. The molecule has 5 nitrogen and oxygen atoms in total. The van der Waals surface area contributed by atoms with Crippen LogP contribution in [0.15, 0.2) is 48.5 Å². The van der Waals surface area contributed by atoms with Gasteiger partial charge in [-0.1, -0.05) is 53.5 Å². The Morgan fingerprint density at radius 2 is 1.69 bits per heavy atom. The summed E-state index contributed by atoms with van der Waals surface area (Å²) in [4.78, 5) is 29.7. The van der Waals surface area contributed by atoms with E-state index in [1.807, 2.05) is 4.90 Å². The van der Waals surface area contributed by atoms with E-state index in [-0.39, 0.29) is 24.4 Å². The lowest BCUT2D eigenvalue weighted by atomic mass is 9.88. The number of likely N-dealkylation sites (tertiary alicyclic amines) is 2. The molecular formula is C25H29Cl2N3O2. The minimum Gasteiger partial charge on any atom is -0.343 e. The predicted octanol–water partition coefficient (Wildman–Crippen LogP) is 4.59. The SMILES string of the molecule is C[C@H]1[C@@H](N2CCC(c3ccccc3)CC2)CCN1C(=O)CNC(=O)c1ccc(Cl)c(Cl)c1. The average Bonchev–Trinajstić information content (AvgIpc) is 3.21. The Balaban J connectivity index is 1.27. The van der Waals surface area contributed by atoms with E-state index in [1.165, 1.54) is 11.6 Å². The minimum absolute atomic E-state index is 0.0216. The molecule has 2 saturated heterocycles. The number of carbonyl (C=O) groups is 2. The molecule has 170 valence electrons. The van der Waals surface area contributed by atoms with Crippen LogP contribution in [0, 0.1) is 0 Å². The number of carbonyl (C=O) groups excluding carboxylic acids is 2. The Hall–Kier alpha value is -2.08. The van der Waals surface area contributed by atoms with Crippen molar-refractivity contribution in [3.8, 4) is 0 Å². The maximum absolute atomic E-state index is 12.8. The van der Waals surface area contributed by atoms with Gasteiger partial charge in [-0.25, -0.2) is 0 Å². The highest BCUT2D eigenvalue weighted by Gasteiger charge is 2.38. The van der Waals surface area contributed by atoms with E-state index in [0.717, 1.165) is 38.9 Å². The summed E-state index contributed by atoms with van der Waals surface area (Å²) in [7, 11) is 0. The number of amides is 2. The summed E-state index contributed by atoms with van der Waals surface area (Å²) < 4.78 is 0. The molecule has 7 heteroatoms. The van der Waals surface area contributed by atoms with E-state index < -0.39 is 0 Å². The number of rotatable bonds is 5. The summed E-state index contributed by atoms with van der Waals surface area (Å²) in [5.41, 5.74) is 1.82. The van der Waals surface area contributed by atoms with Crippen molar-refractivity contribution in [1.29, 1.82) is 0 Å². The number of nitrogens with one attached hydrogen (secondary N) is 1. The van der Waals surface area contributed by atoms with Crippen molar-refractivity contribution in [2.45, 2.75) is 44.2 Å². The molecule has 2 aromatic rings. The predicted molar refractivity (Wildman–Crippen MR) is 128 cm³/mol. The third-order valence-corrected chi connectivity index (χ3v) is 7.63. The average molecular weight is 474 g/mol. The van der Waals surface area contributed by atoms with Crippen LogP contribution in [0.5, 0.6) is 0 Å². The molecule has 2 aliphatic heterocycles. The van der Waals surface area contributed by atoms with Crippen molar-refractivity contribution in [2.75, 3.05) is 26.2 Å². The molecule has 0 unspecified atom stereocenters. The molecule has 0 bridgehead atoms. The van der Waals surface area contributed by atoms with Crippen LogP contribution in [0.25, 0.3) is 0 Å². The molecule has 0 aliphatic carbocycles. The van der Waals surface area contributed by atoms with Gasteiger partial charge in [-0.3, -0.25) is 14.5 Å². The molecule has 2 fully saturated rings. The molecule has 32 heavy (non-hydrogen) atoms. The Morgan fingerprint density at radius 1 is 0.969 bits per heavy atom. The molecule has 0 spiro atoms. The standard InChI is InChI=1S/C25H29Cl2N3O2/c1-17-23(29-12-9-19(10-13-29)18-5-3-2-4-6-18)11-14-30(17)24(31)16-28-25(32)20-7-8-21(26)22(27)15-20/h2-8,15,17,19,23H,9-14,16H2,1H3,(H,28,32)/t17-,23-/m0/s1. The molecule has 0 aromatic heterocycles. The third-order valence-electron chi connectivity index (χ3n) is 6.89. The number of piperidine rings is 1. The van der Waals surface area contributed by atoms with Gasteiger partial charge < -0.3 is 10.2 Å². The topological polar surface area (TPSA) is 52.6 Å². The summed E-state index contributed by atoms with van der Waals surface area (Å²) in [5, 5.41) is 3.43. The summed E-state index contributed by atoms with van der Waals surface area (Å²) in [6.07, 6.45) is 3.28. The fraction of sp³-hybridized carbons (Fsp3) is 0.440. The van der Waals surface area contributed by atoms with Crippen molar-refractivity contribution in [3.05, 3.63) is 69.7 Å². The normalized spacial score (nSPS) is 22.2. The van der Waals surface area contributed by atoms with Crippen molar-refractivity contribution < 1.29 is 9.59 Å². The molecule has 1 N–H and O–H groups in total. The second-order valence-corrected chi connectivity index (χ2v) is 9.53. The first-order valence-electron chi connectivity index (χ1n) is 11.3. The fourth-order valence-corrected chi connectivity index (χ4v) is 5.35. The number of halogens is 2. The highest BCUT2D eigenvalue weighted by Crippen LogP contribution is 2.32. The molecule has 2 heterocycles. The third kappa shape index (κ3) is 5.11. The molecule has 0 radical (unpaired) electrons. The van der Waals surface area contributed by atoms with Crippen LogP contribution < -0.4 is 5.32 Å². The van der Waals surface area contributed by atoms with Crippen LogP contribution in [0.1, 0.15) is 48.0 Å². The zero-order chi connectivity index (χ0) is 22.7. The van der Waals surface area contributed by atoms with Gasteiger partial charge in [-0.2, -0.15) is 0 Å². The van der Waals surface area contributed by atoms with E-state index in [9.17, 15) is 9.59 Å². The number of nitrogens with zero attached hydrogens (tertiary/aromatic N) is 2. The van der Waals surface area contributed by atoms with Crippen molar-refractivity contribution >= 4 is 35.0 Å². The van der Waals surface area contributed by atoms with Crippen LogP contribution in [-0.2, 0) is 4.79 Å². The Kier molecular flexibility index (Phi) is 7.39. The highest BCUT2D eigenvalue weighted by atomic mass is 35.5. The van der Waals surface area contributed by atoms with E-state index >= 15 is 0 Å². The van der Waals surface area contributed by atoms with E-state index in [0.29, 0.717) is 27.6 Å². The molecule has 2 aromatic carbocycles. The van der Waals surface area contributed by atoms with Crippen molar-refractivity contribution in [1.82, 2.24) is 15.1 Å². The van der Waals surface area contributed by atoms with Gasteiger partial charge in [0.25, 0.3) is 5.91 Å². The van der Waals surface area contributed by atoms with Gasteiger partial charge in [-0.15, -0.1) is 0 Å². The summed E-state index contributed by atoms with van der Waals surface area (Å²) in [6.45, 7) is 4.95. The van der Waals surface area contributed by atoms with Crippen LogP contribution in [0.3, 0.4) is 0 Å². The molecular weight excluding hydrogens is 445 g/mol. The second kappa shape index (κ2) is 10.2. The van der Waals surface area contributed by atoms with E-state index in [4.69, 9.17) is 23.2 Å². The molecule has 2 amide bonds. The van der Waals surface area contributed by atoms with E-state index in [2.05, 4.69) is 47.5 Å². The van der Waals surface area contributed by atoms with Crippen LogP contribution in [0.4, 0.5) is 0 Å². The first-order valence-corrected chi connectivity index (χ1v) is 12.0. The van der Waals surface area contributed by atoms with Gasteiger partial charge >= 0.3 is 0 Å². The van der Waals surface area contributed by atoms with Crippen molar-refractivity contribution in [3.63, 3.8) is 0 Å². The Labute approximate surface area is 199 Å². The van der Waals surface area contributed by atoms with Crippen LogP contribution >= 0.6 is 23.2 Å². The fourth-order valence-electron chi connectivity index (χ4n) is 5.05. The number of hydrogen-bond acceptors (Lipinski definition) is 3. The second-order valence-electron chi connectivity index (χ2n) is 8.72. The smallest absolute Gasteiger partial charge is 0.251 e. The summed E-state index contributed by atoms with van der Waals surface area (Å²) in [6, 6.07) is 16.0. The summed E-state index contributed by atoms with van der Waals surface area (Å²) in [5.74, 6) is 0.245. The highest BCUT2D eigenvalue weighted by molar-refractivity contribution is 6.42. The zero-order valence-corrected chi connectivity index (χ0v) is 19.8. The van der Waals surface area contributed by atoms with Gasteiger partial charge in [0, 0.05) is 24.2 Å². The van der Waals surface area contributed by atoms with Crippen molar-refractivity contribution in [2.24, 2.45) is 0 Å². The maximum atomic E-state index is 12.8. The number of hydrogen-bond donors (Lipinski definition) is 1. The molecule has 2 aliphatic rings. The zero-order valence-electron chi connectivity index (χ0n) is 18.3. The molecule has 2 atom stereocenters. The van der Waals surface area contributed by atoms with Gasteiger partial charge in [0.2, 0.25) is 5.91 Å². The minimum atomic E-state index is -0.330. The summed E-state index contributed by atoms with van der Waals surface area (Å²) >= 11 is 11.9. The Bertz CT molecular complexity index is 961. The number of benzene rings is 2. The quantitative estimate of drug-likeness (QED) is 0.690. The van der Waals surface area contributed by atoms with Crippen LogP contribution in [-0.4, -0.2) is 59.9 Å². The lowest BCUT2D eigenvalue weighted by molar-refractivity contribution is -0.131. The lowest BCUT2D eigenvalue weighted by Gasteiger charge is -2.38. The van der Waals surface area contributed by atoms with Gasteiger partial charge in [0.15, 0.2) is 0 Å². The molecule has 0 saturated carbocycles. The first-order chi connectivity index (χ1) is 15.4.